The lowest BCUT2D eigenvalue weighted by Crippen LogP contribution is -2.31. The van der Waals surface area contributed by atoms with Gasteiger partial charge in [-0.3, -0.25) is 0 Å². The smallest absolute Gasteiger partial charge is 0.107 e. The maximum atomic E-state index is 9.53. The molecule has 1 heterocycles. The van der Waals surface area contributed by atoms with Crippen molar-refractivity contribution in [2.45, 2.75) is 31.1 Å². The minimum absolute atomic E-state index is 0.0634. The van der Waals surface area contributed by atoms with Crippen LogP contribution in [0.1, 0.15) is 30.6 Å². The molecule has 3 nitrogen and oxygen atoms in total. The fourth-order valence-corrected chi connectivity index (χ4v) is 3.45. The monoisotopic (exact) mass is 207 g/mol. The number of hydrogen-bond donors (Lipinski definition) is 2. The minimum atomic E-state index is -0.0634. The summed E-state index contributed by atoms with van der Waals surface area (Å²) < 4.78 is 5.49. The molecule has 1 fully saturated rings. The van der Waals surface area contributed by atoms with E-state index >= 15 is 0 Å². The molecule has 0 aromatic carbocycles. The zero-order valence-electron chi connectivity index (χ0n) is 8.83. The summed E-state index contributed by atoms with van der Waals surface area (Å²) in [4.78, 5) is 0. The Morgan fingerprint density at radius 3 is 3.07 bits per heavy atom. The topological polar surface area (TPSA) is 59.4 Å². The van der Waals surface area contributed by atoms with E-state index in [9.17, 15) is 5.11 Å². The molecule has 2 atom stereocenters. The van der Waals surface area contributed by atoms with Crippen LogP contribution in [0.4, 0.5) is 0 Å². The molecule has 1 aromatic heterocycles. The van der Waals surface area contributed by atoms with Gasteiger partial charge in [-0.25, -0.2) is 0 Å². The summed E-state index contributed by atoms with van der Waals surface area (Å²) in [6.45, 7) is 0.780. The first kappa shape index (κ1) is 9.43. The summed E-state index contributed by atoms with van der Waals surface area (Å²) >= 11 is 0. The zero-order valence-corrected chi connectivity index (χ0v) is 8.83. The molecule has 0 bridgehead atoms. The fraction of sp³-hybridized carbons (Fsp3) is 0.667. The Kier molecular flexibility index (Phi) is 1.80. The molecule has 15 heavy (non-hydrogen) atoms. The normalized spacial score (nSPS) is 38.0. The second-order valence-corrected chi connectivity index (χ2v) is 5.01. The van der Waals surface area contributed by atoms with Crippen molar-refractivity contribution in [1.82, 2.24) is 0 Å². The molecule has 3 rings (SSSR count). The van der Waals surface area contributed by atoms with Crippen molar-refractivity contribution in [2.75, 3.05) is 13.2 Å². The lowest BCUT2D eigenvalue weighted by Gasteiger charge is -2.27. The molecule has 2 aliphatic rings. The van der Waals surface area contributed by atoms with Gasteiger partial charge in [0.15, 0.2) is 0 Å². The number of nitrogens with two attached hydrogens (primary N) is 1. The first-order chi connectivity index (χ1) is 7.28. The van der Waals surface area contributed by atoms with Crippen molar-refractivity contribution in [2.24, 2.45) is 11.1 Å². The van der Waals surface area contributed by atoms with Crippen LogP contribution in [0.15, 0.2) is 16.7 Å². The van der Waals surface area contributed by atoms with Crippen LogP contribution in [0.2, 0.25) is 0 Å². The maximum absolute atomic E-state index is 9.53. The largest absolute Gasteiger partial charge is 0.469 e. The van der Waals surface area contributed by atoms with E-state index in [1.165, 1.54) is 5.56 Å². The van der Waals surface area contributed by atoms with E-state index in [0.29, 0.717) is 6.54 Å². The quantitative estimate of drug-likeness (QED) is 0.766. The molecule has 3 heteroatoms. The van der Waals surface area contributed by atoms with E-state index in [4.69, 9.17) is 10.2 Å². The van der Waals surface area contributed by atoms with E-state index in [1.807, 2.05) is 0 Å². The van der Waals surface area contributed by atoms with Gasteiger partial charge in [0.1, 0.15) is 5.76 Å². The van der Waals surface area contributed by atoms with Crippen molar-refractivity contribution in [3.8, 4) is 0 Å². The highest BCUT2D eigenvalue weighted by Gasteiger charge is 2.68. The van der Waals surface area contributed by atoms with Crippen molar-refractivity contribution in [1.29, 1.82) is 0 Å². The Bertz CT molecular complexity index is 381. The Morgan fingerprint density at radius 2 is 2.40 bits per heavy atom. The SMILES string of the molecule is NCC1(CO)CC12CCCc1occc12. The van der Waals surface area contributed by atoms with E-state index < -0.39 is 0 Å². The molecule has 0 saturated heterocycles. The molecule has 1 spiro atoms. The van der Waals surface area contributed by atoms with Crippen molar-refractivity contribution >= 4 is 0 Å². The van der Waals surface area contributed by atoms with Gasteiger partial charge >= 0.3 is 0 Å². The molecule has 1 saturated carbocycles. The van der Waals surface area contributed by atoms with Crippen molar-refractivity contribution in [3.63, 3.8) is 0 Å². The Hall–Kier alpha value is -0.800. The van der Waals surface area contributed by atoms with E-state index in [-0.39, 0.29) is 17.4 Å². The number of hydrogen-bond acceptors (Lipinski definition) is 3. The predicted octanol–water partition coefficient (Wildman–Crippen LogP) is 1.19. The maximum Gasteiger partial charge on any atom is 0.107 e. The Balaban J connectivity index is 2.04. The van der Waals surface area contributed by atoms with Gasteiger partial charge in [-0.2, -0.15) is 0 Å². The predicted molar refractivity (Wildman–Crippen MR) is 56.5 cm³/mol. The summed E-state index contributed by atoms with van der Waals surface area (Å²) in [6, 6.07) is 2.07. The van der Waals surface area contributed by atoms with Crippen LogP contribution in [0, 0.1) is 5.41 Å². The van der Waals surface area contributed by atoms with E-state index in [2.05, 4.69) is 6.07 Å². The van der Waals surface area contributed by atoms with Crippen molar-refractivity contribution in [3.05, 3.63) is 23.7 Å². The second-order valence-electron chi connectivity index (χ2n) is 5.01. The van der Waals surface area contributed by atoms with Crippen LogP contribution in [0.5, 0.6) is 0 Å². The minimum Gasteiger partial charge on any atom is -0.469 e. The van der Waals surface area contributed by atoms with Crippen LogP contribution in [-0.2, 0) is 11.8 Å². The number of aliphatic hydroxyl groups excluding tert-OH is 1. The molecule has 82 valence electrons. The van der Waals surface area contributed by atoms with E-state index in [0.717, 1.165) is 31.4 Å². The summed E-state index contributed by atoms with van der Waals surface area (Å²) in [6.07, 6.45) is 6.14. The van der Waals surface area contributed by atoms with Gasteiger partial charge in [0.25, 0.3) is 0 Å². The van der Waals surface area contributed by atoms with Crippen LogP contribution in [-0.4, -0.2) is 18.3 Å². The molecule has 0 amide bonds. The van der Waals surface area contributed by atoms with Gasteiger partial charge < -0.3 is 15.3 Å². The number of aryl methyl sites for hydroxylation is 1. The lowest BCUT2D eigenvalue weighted by molar-refractivity contribution is 0.188. The standard InChI is InChI=1S/C12H17NO2/c13-7-11(8-14)6-12(11)4-1-2-10-9(12)3-5-15-10/h3,5,14H,1-2,4,6-8,13H2. The van der Waals surface area contributed by atoms with Crippen LogP contribution in [0.3, 0.4) is 0 Å². The molecular weight excluding hydrogens is 190 g/mol. The zero-order chi connectivity index (χ0) is 10.5. The van der Waals surface area contributed by atoms with Gasteiger partial charge in [0.2, 0.25) is 0 Å². The first-order valence-electron chi connectivity index (χ1n) is 5.66. The van der Waals surface area contributed by atoms with Crippen LogP contribution >= 0.6 is 0 Å². The van der Waals surface area contributed by atoms with Gasteiger partial charge in [0.05, 0.1) is 12.9 Å². The Morgan fingerprint density at radius 1 is 1.53 bits per heavy atom. The van der Waals surface area contributed by atoms with Gasteiger partial charge in [0, 0.05) is 29.4 Å². The lowest BCUT2D eigenvalue weighted by atomic mass is 9.78. The third-order valence-corrected chi connectivity index (χ3v) is 4.49. The molecule has 0 aliphatic heterocycles. The van der Waals surface area contributed by atoms with Crippen molar-refractivity contribution < 1.29 is 9.52 Å². The van der Waals surface area contributed by atoms with E-state index in [1.54, 1.807) is 6.26 Å². The highest BCUT2D eigenvalue weighted by molar-refractivity contribution is 5.42. The molecule has 2 aliphatic carbocycles. The number of furan rings is 1. The molecular formula is C12H17NO2. The third kappa shape index (κ3) is 0.975. The Labute approximate surface area is 89.3 Å². The molecule has 3 N–H and O–H groups in total. The summed E-state index contributed by atoms with van der Waals surface area (Å²) in [7, 11) is 0. The second kappa shape index (κ2) is 2.86. The highest BCUT2D eigenvalue weighted by Crippen LogP contribution is 2.68. The average molecular weight is 207 g/mol. The number of fused-ring (bicyclic) bond motifs is 2. The average Bonchev–Trinajstić information content (AvgIpc) is 2.67. The van der Waals surface area contributed by atoms with Crippen LogP contribution < -0.4 is 5.73 Å². The number of rotatable bonds is 2. The molecule has 0 radical (unpaired) electrons. The number of aliphatic hydroxyl groups is 1. The van der Waals surface area contributed by atoms with Gasteiger partial charge in [-0.05, 0) is 25.3 Å². The molecule has 1 aromatic rings. The van der Waals surface area contributed by atoms with Gasteiger partial charge in [-0.1, -0.05) is 0 Å². The molecule has 2 unspecified atom stereocenters. The highest BCUT2D eigenvalue weighted by atomic mass is 16.3. The first-order valence-corrected chi connectivity index (χ1v) is 5.66. The van der Waals surface area contributed by atoms with Gasteiger partial charge in [-0.15, -0.1) is 0 Å². The van der Waals surface area contributed by atoms with Crippen LogP contribution in [0.25, 0.3) is 0 Å². The fourth-order valence-electron chi connectivity index (χ4n) is 3.45. The summed E-state index contributed by atoms with van der Waals surface area (Å²) in [5.74, 6) is 1.12. The summed E-state index contributed by atoms with van der Waals surface area (Å²) in [5, 5.41) is 9.53. The summed E-state index contributed by atoms with van der Waals surface area (Å²) in [5.41, 5.74) is 7.21. The third-order valence-electron chi connectivity index (χ3n) is 4.49.